The maximum atomic E-state index is 12.6. The summed E-state index contributed by atoms with van der Waals surface area (Å²) in [6.45, 7) is 3.81. The quantitative estimate of drug-likeness (QED) is 0.0351. The van der Waals surface area contributed by atoms with Crippen LogP contribution in [0.2, 0.25) is 0 Å². The Labute approximate surface area is 563 Å². The van der Waals surface area contributed by atoms with Gasteiger partial charge in [-0.3, -0.25) is 14.1 Å². The molecular formula is C81H161O8P. The van der Waals surface area contributed by atoms with E-state index < -0.39 is 26.5 Å². The van der Waals surface area contributed by atoms with Crippen LogP contribution in [0.5, 0.6) is 0 Å². The first kappa shape index (κ1) is 89.0. The molecule has 2 N–H and O–H groups in total. The zero-order chi connectivity index (χ0) is 65.1. The number of esters is 2. The van der Waals surface area contributed by atoms with Gasteiger partial charge in [-0.05, 0) is 12.8 Å². The molecule has 0 aliphatic rings. The van der Waals surface area contributed by atoms with Crippen LogP contribution in [-0.2, 0) is 28.2 Å². The van der Waals surface area contributed by atoms with Gasteiger partial charge < -0.3 is 19.3 Å². The molecule has 0 fully saturated rings. The van der Waals surface area contributed by atoms with Crippen molar-refractivity contribution in [1.82, 2.24) is 0 Å². The molecule has 0 bridgehead atoms. The fourth-order valence-electron chi connectivity index (χ4n) is 13.5. The van der Waals surface area contributed by atoms with Gasteiger partial charge in [0.1, 0.15) is 6.61 Å². The van der Waals surface area contributed by atoms with Crippen molar-refractivity contribution in [2.45, 2.75) is 495 Å². The van der Waals surface area contributed by atoms with Gasteiger partial charge in [0.25, 0.3) is 0 Å². The van der Waals surface area contributed by atoms with E-state index in [2.05, 4.69) is 18.4 Å². The normalized spacial score (nSPS) is 12.2. The molecule has 0 spiro atoms. The molecule has 1 atom stereocenters. The highest BCUT2D eigenvalue weighted by Crippen LogP contribution is 2.36. The average molecular weight is 1290 g/mol. The van der Waals surface area contributed by atoms with Crippen LogP contribution in [0.15, 0.2) is 0 Å². The van der Waals surface area contributed by atoms with Crippen molar-refractivity contribution in [3.63, 3.8) is 0 Å². The predicted molar refractivity (Wildman–Crippen MR) is 392 cm³/mol. The van der Waals surface area contributed by atoms with Crippen molar-refractivity contribution in [2.24, 2.45) is 0 Å². The van der Waals surface area contributed by atoms with Gasteiger partial charge in [-0.2, -0.15) is 0 Å². The first-order valence-electron chi connectivity index (χ1n) is 41.3. The van der Waals surface area contributed by atoms with Crippen LogP contribution in [0.3, 0.4) is 0 Å². The highest BCUT2D eigenvalue weighted by Gasteiger charge is 2.23. The van der Waals surface area contributed by atoms with Crippen molar-refractivity contribution in [2.75, 3.05) is 13.2 Å². The average Bonchev–Trinajstić information content (AvgIpc) is 3.57. The molecule has 0 heterocycles. The Morgan fingerprint density at radius 2 is 0.400 bits per heavy atom. The van der Waals surface area contributed by atoms with Gasteiger partial charge in [-0.25, -0.2) is 4.57 Å². The van der Waals surface area contributed by atoms with Gasteiger partial charge in [0.05, 0.1) is 6.61 Å². The molecule has 0 amide bonds. The van der Waals surface area contributed by atoms with Crippen LogP contribution in [0, 0.1) is 0 Å². The van der Waals surface area contributed by atoms with E-state index in [4.69, 9.17) is 9.47 Å². The largest absolute Gasteiger partial charge is 0.469 e. The van der Waals surface area contributed by atoms with E-state index in [1.807, 2.05) is 0 Å². The number of phosphoric ester groups is 1. The summed E-state index contributed by atoms with van der Waals surface area (Å²) in [5.41, 5.74) is 0. The monoisotopic (exact) mass is 1290 g/mol. The summed E-state index contributed by atoms with van der Waals surface area (Å²) in [6.07, 6.45) is 98.3. The molecule has 0 rings (SSSR count). The molecule has 0 unspecified atom stereocenters. The molecule has 8 nitrogen and oxygen atoms in total. The molecule has 0 saturated carbocycles. The lowest BCUT2D eigenvalue weighted by Crippen LogP contribution is -2.29. The highest BCUT2D eigenvalue weighted by atomic mass is 31.2. The predicted octanol–water partition coefficient (Wildman–Crippen LogP) is 28.5. The van der Waals surface area contributed by atoms with Gasteiger partial charge in [0.2, 0.25) is 0 Å². The molecule has 9 heteroatoms. The van der Waals surface area contributed by atoms with Gasteiger partial charge in [0.15, 0.2) is 6.10 Å². The first-order valence-corrected chi connectivity index (χ1v) is 42.9. The first-order chi connectivity index (χ1) is 44.3. The molecule has 0 aromatic heterocycles. The van der Waals surface area contributed by atoms with Crippen LogP contribution < -0.4 is 0 Å². The fourth-order valence-corrected chi connectivity index (χ4v) is 13.9. The summed E-state index contributed by atoms with van der Waals surface area (Å²) in [6, 6.07) is 0. The maximum Gasteiger partial charge on any atom is 0.469 e. The lowest BCUT2D eigenvalue weighted by atomic mass is 10.0. The third-order valence-electron chi connectivity index (χ3n) is 19.6. The lowest BCUT2D eigenvalue weighted by Gasteiger charge is -2.18. The van der Waals surface area contributed by atoms with E-state index in [1.54, 1.807) is 0 Å². The zero-order valence-electron chi connectivity index (χ0n) is 61.1. The minimum absolute atomic E-state index is 0.222. The van der Waals surface area contributed by atoms with Crippen molar-refractivity contribution in [3.05, 3.63) is 0 Å². The van der Waals surface area contributed by atoms with Crippen molar-refractivity contribution in [1.29, 1.82) is 0 Å². The Kier molecular flexibility index (Phi) is 76.2. The Hall–Kier alpha value is -0.950. The highest BCUT2D eigenvalue weighted by molar-refractivity contribution is 7.46. The number of phosphoric acid groups is 1. The topological polar surface area (TPSA) is 119 Å². The van der Waals surface area contributed by atoms with E-state index in [0.717, 1.165) is 32.1 Å². The van der Waals surface area contributed by atoms with Crippen molar-refractivity contribution >= 4 is 19.8 Å². The second kappa shape index (κ2) is 77.1. The number of unbranched alkanes of at least 4 members (excludes halogenated alkanes) is 70. The molecule has 0 aliphatic heterocycles. The van der Waals surface area contributed by atoms with Gasteiger partial charge in [-0.15, -0.1) is 0 Å². The molecular weight excluding hydrogens is 1130 g/mol. The standard InChI is InChI=1S/C81H161O8P/c1-3-5-7-9-11-13-15-17-19-21-23-25-27-29-31-33-35-37-39-41-43-45-47-49-51-53-55-57-59-61-63-65-67-69-71-73-75-80(82)87-77-79(78-88-90(84,85)86)89-81(83)76-74-72-70-68-66-64-62-60-58-56-54-52-50-48-46-44-42-40-38-36-34-32-30-28-26-24-22-20-18-16-14-12-10-8-6-4-2/h79H,3-78H2,1-2H3,(H2,84,85,86)/t79-/m1/s1. The van der Waals surface area contributed by atoms with Gasteiger partial charge in [0, 0.05) is 12.8 Å². The minimum atomic E-state index is -4.77. The summed E-state index contributed by atoms with van der Waals surface area (Å²) in [5, 5.41) is 0. The van der Waals surface area contributed by atoms with Crippen molar-refractivity contribution in [3.8, 4) is 0 Å². The van der Waals surface area contributed by atoms with E-state index in [-0.39, 0.29) is 25.4 Å². The third-order valence-corrected chi connectivity index (χ3v) is 20.1. The lowest BCUT2D eigenvalue weighted by molar-refractivity contribution is -0.161. The second-order valence-corrected chi connectivity index (χ2v) is 30.1. The fraction of sp³-hybridized carbons (Fsp3) is 0.975. The van der Waals surface area contributed by atoms with Crippen molar-refractivity contribution < 1.29 is 37.9 Å². The SMILES string of the molecule is CCCCCCCCCCCCCCCCCCCCCCCCCCCCCCCCCCCCCCC(=O)OC[C@H](COP(=O)(O)O)OC(=O)CCCCCCCCCCCCCCCCCCCCCCCCCCCCCCCCCCCCCC. The Bertz CT molecular complexity index is 1420. The van der Waals surface area contributed by atoms with E-state index in [0.29, 0.717) is 6.42 Å². The Morgan fingerprint density at radius 1 is 0.244 bits per heavy atom. The molecule has 0 aromatic carbocycles. The second-order valence-electron chi connectivity index (χ2n) is 28.8. The van der Waals surface area contributed by atoms with E-state index in [9.17, 15) is 23.9 Å². The number of ether oxygens (including phenoxy) is 2. The molecule has 538 valence electrons. The maximum absolute atomic E-state index is 12.6. The van der Waals surface area contributed by atoms with Crippen LogP contribution in [0.4, 0.5) is 0 Å². The third kappa shape index (κ3) is 79.5. The summed E-state index contributed by atoms with van der Waals surface area (Å²) < 4.78 is 26.8. The molecule has 0 radical (unpaired) electrons. The number of carbonyl (C=O) groups excluding carboxylic acids is 2. The summed E-state index contributed by atoms with van der Waals surface area (Å²) in [5.74, 6) is -0.849. The van der Waals surface area contributed by atoms with Gasteiger partial charge >= 0.3 is 19.8 Å². The van der Waals surface area contributed by atoms with Crippen LogP contribution in [0.25, 0.3) is 0 Å². The van der Waals surface area contributed by atoms with E-state index in [1.165, 1.54) is 424 Å². The van der Waals surface area contributed by atoms with E-state index >= 15 is 0 Å². The summed E-state index contributed by atoms with van der Waals surface area (Å²) in [7, 11) is -4.77. The molecule has 90 heavy (non-hydrogen) atoms. The number of carbonyl (C=O) groups is 2. The Morgan fingerprint density at radius 3 is 0.567 bits per heavy atom. The Balaban J connectivity index is 3.54. The number of rotatable bonds is 80. The summed E-state index contributed by atoms with van der Waals surface area (Å²) in [4.78, 5) is 43.6. The molecule has 0 aliphatic carbocycles. The smallest absolute Gasteiger partial charge is 0.462 e. The number of hydrogen-bond donors (Lipinski definition) is 2. The van der Waals surface area contributed by atoms with Crippen LogP contribution in [-0.4, -0.2) is 41.0 Å². The molecule has 0 saturated heterocycles. The summed E-state index contributed by atoms with van der Waals surface area (Å²) >= 11 is 0. The van der Waals surface area contributed by atoms with Gasteiger partial charge in [-0.1, -0.05) is 463 Å². The minimum Gasteiger partial charge on any atom is -0.462 e. The molecule has 0 aromatic rings. The van der Waals surface area contributed by atoms with Crippen LogP contribution in [0.1, 0.15) is 489 Å². The zero-order valence-corrected chi connectivity index (χ0v) is 62.0. The van der Waals surface area contributed by atoms with Crippen LogP contribution >= 0.6 is 7.82 Å². The number of hydrogen-bond acceptors (Lipinski definition) is 6.